The van der Waals surface area contributed by atoms with Crippen LogP contribution in [-0.2, 0) is 0 Å². The van der Waals surface area contributed by atoms with Crippen LogP contribution in [0.2, 0.25) is 0 Å². The third-order valence-electron chi connectivity index (χ3n) is 3.18. The summed E-state index contributed by atoms with van der Waals surface area (Å²) in [5, 5.41) is 6.03. The van der Waals surface area contributed by atoms with E-state index in [2.05, 4.69) is 20.6 Å². The summed E-state index contributed by atoms with van der Waals surface area (Å²) in [7, 11) is 1.56. The number of hydrogen-bond acceptors (Lipinski definition) is 5. The van der Waals surface area contributed by atoms with Gasteiger partial charge in [-0.2, -0.15) is 0 Å². The molecular weight excluding hydrogens is 268 g/mol. The van der Waals surface area contributed by atoms with Crippen molar-refractivity contribution in [2.45, 2.75) is 18.9 Å². The second kappa shape index (κ2) is 5.78. The van der Waals surface area contributed by atoms with Gasteiger partial charge in [0.15, 0.2) is 0 Å². The van der Waals surface area contributed by atoms with Crippen molar-refractivity contribution in [3.8, 4) is 5.75 Å². The highest BCUT2D eigenvalue weighted by Crippen LogP contribution is 2.25. The monoisotopic (exact) mass is 284 g/mol. The Labute approximate surface area is 122 Å². The Balaban J connectivity index is 1.75. The highest BCUT2D eigenvalue weighted by Gasteiger charge is 2.21. The smallest absolute Gasteiger partial charge is 0.274 e. The lowest BCUT2D eigenvalue weighted by atomic mass is 10.2. The first kappa shape index (κ1) is 13.4. The second-order valence-corrected chi connectivity index (χ2v) is 4.86. The number of carbonyl (C=O) groups is 1. The summed E-state index contributed by atoms with van der Waals surface area (Å²) >= 11 is 0. The van der Waals surface area contributed by atoms with Crippen LogP contribution in [0.15, 0.2) is 36.7 Å². The fourth-order valence-corrected chi connectivity index (χ4v) is 1.93. The summed E-state index contributed by atoms with van der Waals surface area (Å²) in [4.78, 5) is 20.4. The zero-order valence-electron chi connectivity index (χ0n) is 11.7. The fourth-order valence-electron chi connectivity index (χ4n) is 1.93. The van der Waals surface area contributed by atoms with Crippen molar-refractivity contribution in [2.75, 3.05) is 17.7 Å². The van der Waals surface area contributed by atoms with Gasteiger partial charge in [0.1, 0.15) is 23.6 Å². The summed E-state index contributed by atoms with van der Waals surface area (Å²) < 4.78 is 5.21. The van der Waals surface area contributed by atoms with Crippen LogP contribution in [0.5, 0.6) is 5.75 Å². The van der Waals surface area contributed by atoms with Crippen LogP contribution in [0.25, 0.3) is 0 Å². The molecule has 1 aliphatic carbocycles. The number of nitrogens with one attached hydrogen (secondary N) is 2. The predicted octanol–water partition coefficient (Wildman–Crippen LogP) is 2.31. The number of ether oxygens (including phenoxy) is 1. The first-order valence-electron chi connectivity index (χ1n) is 6.79. The third kappa shape index (κ3) is 3.28. The Morgan fingerprint density at radius 3 is 2.86 bits per heavy atom. The third-order valence-corrected chi connectivity index (χ3v) is 3.18. The summed E-state index contributed by atoms with van der Waals surface area (Å²) in [6.07, 6.45) is 3.68. The molecule has 0 radical (unpaired) electrons. The van der Waals surface area contributed by atoms with E-state index in [-0.39, 0.29) is 5.91 Å². The van der Waals surface area contributed by atoms with Gasteiger partial charge in [0, 0.05) is 12.1 Å². The topological polar surface area (TPSA) is 76.1 Å². The number of aromatic nitrogens is 2. The fraction of sp³-hybridized carbons (Fsp3) is 0.267. The van der Waals surface area contributed by atoms with Crippen LogP contribution < -0.4 is 15.4 Å². The molecule has 6 nitrogen and oxygen atoms in total. The van der Waals surface area contributed by atoms with E-state index in [1.165, 1.54) is 6.33 Å². The Morgan fingerprint density at radius 2 is 2.10 bits per heavy atom. The number of methoxy groups -OCH3 is 1. The van der Waals surface area contributed by atoms with Crippen LogP contribution in [0.4, 0.5) is 11.5 Å². The Morgan fingerprint density at radius 1 is 1.29 bits per heavy atom. The minimum Gasteiger partial charge on any atom is -0.495 e. The lowest BCUT2D eigenvalue weighted by molar-refractivity contribution is 0.102. The maximum Gasteiger partial charge on any atom is 0.274 e. The molecule has 1 aromatic carbocycles. The highest BCUT2D eigenvalue weighted by atomic mass is 16.5. The lowest BCUT2D eigenvalue weighted by Crippen LogP contribution is -2.15. The van der Waals surface area contributed by atoms with Crippen LogP contribution >= 0.6 is 0 Å². The molecule has 0 atom stereocenters. The first-order chi connectivity index (χ1) is 10.3. The molecule has 0 saturated heterocycles. The normalized spacial score (nSPS) is 13.6. The van der Waals surface area contributed by atoms with Gasteiger partial charge in [-0.15, -0.1) is 0 Å². The van der Waals surface area contributed by atoms with Crippen molar-refractivity contribution in [1.82, 2.24) is 9.97 Å². The molecule has 2 N–H and O–H groups in total. The van der Waals surface area contributed by atoms with E-state index in [9.17, 15) is 4.79 Å². The predicted molar refractivity (Wildman–Crippen MR) is 79.6 cm³/mol. The molecule has 0 spiro atoms. The van der Waals surface area contributed by atoms with Gasteiger partial charge >= 0.3 is 0 Å². The van der Waals surface area contributed by atoms with Gasteiger partial charge in [-0.3, -0.25) is 4.79 Å². The number of hydrogen-bond donors (Lipinski definition) is 2. The zero-order valence-corrected chi connectivity index (χ0v) is 11.7. The maximum atomic E-state index is 12.3. The first-order valence-corrected chi connectivity index (χ1v) is 6.79. The number of rotatable bonds is 5. The Hall–Kier alpha value is -2.63. The molecular formula is C15H16N4O2. The molecule has 3 rings (SSSR count). The largest absolute Gasteiger partial charge is 0.495 e. The minimum atomic E-state index is -0.291. The highest BCUT2D eigenvalue weighted by molar-refractivity contribution is 6.04. The average Bonchev–Trinajstić information content (AvgIpc) is 3.32. The van der Waals surface area contributed by atoms with Crippen molar-refractivity contribution < 1.29 is 9.53 Å². The zero-order chi connectivity index (χ0) is 14.7. The minimum absolute atomic E-state index is 0.291. The van der Waals surface area contributed by atoms with Crippen molar-refractivity contribution >= 4 is 17.4 Å². The number of para-hydroxylation sites is 2. The molecule has 0 aliphatic heterocycles. The van der Waals surface area contributed by atoms with E-state index >= 15 is 0 Å². The Bertz CT molecular complexity index is 656. The second-order valence-electron chi connectivity index (χ2n) is 4.86. The summed E-state index contributed by atoms with van der Waals surface area (Å²) in [6, 6.07) is 9.37. The van der Waals surface area contributed by atoms with Crippen molar-refractivity contribution in [2.24, 2.45) is 0 Å². The summed E-state index contributed by atoms with van der Waals surface area (Å²) in [5.41, 5.74) is 0.930. The van der Waals surface area contributed by atoms with Gasteiger partial charge in [0.25, 0.3) is 5.91 Å². The molecule has 1 aliphatic rings. The molecule has 1 saturated carbocycles. The number of benzene rings is 1. The molecule has 1 fully saturated rings. The van der Waals surface area contributed by atoms with Gasteiger partial charge in [-0.25, -0.2) is 9.97 Å². The van der Waals surface area contributed by atoms with Crippen LogP contribution in [0, 0.1) is 0 Å². The molecule has 1 heterocycles. The Kier molecular flexibility index (Phi) is 3.68. The van der Waals surface area contributed by atoms with E-state index in [0.29, 0.717) is 29.0 Å². The standard InChI is InChI=1S/C15H16N4O2/c1-21-13-5-3-2-4-11(13)19-15(20)12-8-14(17-9-16-12)18-10-6-7-10/h2-5,8-10H,6-7H2,1H3,(H,19,20)(H,16,17,18). The van der Waals surface area contributed by atoms with Crippen LogP contribution in [-0.4, -0.2) is 29.0 Å². The quantitative estimate of drug-likeness (QED) is 0.881. The molecule has 0 bridgehead atoms. The van der Waals surface area contributed by atoms with E-state index in [1.54, 1.807) is 25.3 Å². The number of nitrogens with zero attached hydrogens (tertiary/aromatic N) is 2. The van der Waals surface area contributed by atoms with E-state index in [0.717, 1.165) is 12.8 Å². The van der Waals surface area contributed by atoms with E-state index in [4.69, 9.17) is 4.74 Å². The van der Waals surface area contributed by atoms with Gasteiger partial charge in [-0.05, 0) is 25.0 Å². The maximum absolute atomic E-state index is 12.3. The summed E-state index contributed by atoms with van der Waals surface area (Å²) in [5.74, 6) is 0.995. The van der Waals surface area contributed by atoms with Gasteiger partial charge in [0.05, 0.1) is 12.8 Å². The van der Waals surface area contributed by atoms with Crippen molar-refractivity contribution in [3.05, 3.63) is 42.4 Å². The summed E-state index contributed by atoms with van der Waals surface area (Å²) in [6.45, 7) is 0. The van der Waals surface area contributed by atoms with Crippen molar-refractivity contribution in [1.29, 1.82) is 0 Å². The molecule has 1 aromatic heterocycles. The molecule has 2 aromatic rings. The lowest BCUT2D eigenvalue weighted by Gasteiger charge is -2.10. The molecule has 0 unspecified atom stereocenters. The SMILES string of the molecule is COc1ccccc1NC(=O)c1cc(NC2CC2)ncn1. The van der Waals surface area contributed by atoms with Gasteiger partial charge in [-0.1, -0.05) is 12.1 Å². The van der Waals surface area contributed by atoms with Crippen LogP contribution in [0.1, 0.15) is 23.3 Å². The van der Waals surface area contributed by atoms with Gasteiger partial charge in [0.2, 0.25) is 0 Å². The van der Waals surface area contributed by atoms with Crippen LogP contribution in [0.3, 0.4) is 0 Å². The van der Waals surface area contributed by atoms with E-state index < -0.39 is 0 Å². The van der Waals surface area contributed by atoms with Gasteiger partial charge < -0.3 is 15.4 Å². The average molecular weight is 284 g/mol. The van der Waals surface area contributed by atoms with E-state index in [1.807, 2.05) is 12.1 Å². The molecule has 6 heteroatoms. The number of amides is 1. The molecule has 21 heavy (non-hydrogen) atoms. The number of anilines is 2. The van der Waals surface area contributed by atoms with Crippen molar-refractivity contribution in [3.63, 3.8) is 0 Å². The molecule has 1 amide bonds. The molecule has 108 valence electrons. The number of carbonyl (C=O) groups excluding carboxylic acids is 1.